The molecule has 2 N–H and O–H groups in total. The van der Waals surface area contributed by atoms with Crippen molar-refractivity contribution in [3.05, 3.63) is 28.2 Å². The summed E-state index contributed by atoms with van der Waals surface area (Å²) >= 11 is 3.69. The summed E-state index contributed by atoms with van der Waals surface area (Å²) in [6, 6.07) is 6.95. The Kier molecular flexibility index (Phi) is 5.71. The minimum absolute atomic E-state index is 0.212. The van der Waals surface area contributed by atoms with Crippen LogP contribution in [0.5, 0.6) is 0 Å². The van der Waals surface area contributed by atoms with Gasteiger partial charge < -0.3 is 10.6 Å². The summed E-state index contributed by atoms with van der Waals surface area (Å²) in [4.78, 5) is 2.53. The number of hydrogen-bond acceptors (Lipinski definition) is 2. The van der Waals surface area contributed by atoms with Crippen molar-refractivity contribution >= 4 is 21.6 Å². The highest BCUT2D eigenvalue weighted by Crippen LogP contribution is 2.26. The van der Waals surface area contributed by atoms with Gasteiger partial charge in [-0.1, -0.05) is 41.3 Å². The molecule has 106 valence electrons. The molecule has 0 amide bonds. The molecule has 0 aliphatic carbocycles. The topological polar surface area (TPSA) is 29.3 Å². The van der Waals surface area contributed by atoms with Crippen molar-refractivity contribution in [1.29, 1.82) is 0 Å². The van der Waals surface area contributed by atoms with Crippen LogP contribution in [0, 0.1) is 0 Å². The van der Waals surface area contributed by atoms with Gasteiger partial charge in [-0.2, -0.15) is 0 Å². The Balaban J connectivity index is 2.08. The Morgan fingerprint density at radius 3 is 2.37 bits per heavy atom. The van der Waals surface area contributed by atoms with E-state index in [9.17, 15) is 0 Å². The Hall–Kier alpha value is -0.540. The highest BCUT2D eigenvalue weighted by atomic mass is 79.9. The van der Waals surface area contributed by atoms with Crippen molar-refractivity contribution < 1.29 is 0 Å². The van der Waals surface area contributed by atoms with Gasteiger partial charge in [0.1, 0.15) is 0 Å². The maximum absolute atomic E-state index is 5.88. The predicted molar refractivity (Wildman–Crippen MR) is 86.8 cm³/mol. The number of anilines is 1. The molecule has 0 spiro atoms. The van der Waals surface area contributed by atoms with Gasteiger partial charge in [0.2, 0.25) is 0 Å². The van der Waals surface area contributed by atoms with E-state index < -0.39 is 0 Å². The second-order valence-electron chi connectivity index (χ2n) is 5.71. The highest BCUT2D eigenvalue weighted by molar-refractivity contribution is 9.10. The largest absolute Gasteiger partial charge is 0.372 e. The Morgan fingerprint density at radius 2 is 1.79 bits per heavy atom. The Labute approximate surface area is 125 Å². The first-order valence-electron chi connectivity index (χ1n) is 7.46. The van der Waals surface area contributed by atoms with Gasteiger partial charge in [-0.25, -0.2) is 0 Å². The molecular weight excluding hydrogens is 300 g/mol. The van der Waals surface area contributed by atoms with E-state index in [4.69, 9.17) is 5.73 Å². The second kappa shape index (κ2) is 7.30. The van der Waals surface area contributed by atoms with Crippen LogP contribution in [0.15, 0.2) is 22.7 Å². The molecule has 1 unspecified atom stereocenters. The van der Waals surface area contributed by atoms with Crippen LogP contribution in [0.4, 0.5) is 5.69 Å². The molecule has 1 fully saturated rings. The lowest BCUT2D eigenvalue weighted by molar-refractivity contribution is 0.556. The highest BCUT2D eigenvalue weighted by Gasteiger charge is 2.11. The monoisotopic (exact) mass is 324 g/mol. The van der Waals surface area contributed by atoms with Gasteiger partial charge >= 0.3 is 0 Å². The molecule has 3 heteroatoms. The molecule has 1 aliphatic rings. The van der Waals surface area contributed by atoms with Crippen LogP contribution in [0.25, 0.3) is 0 Å². The number of rotatable bonds is 3. The van der Waals surface area contributed by atoms with E-state index in [-0.39, 0.29) is 6.04 Å². The van der Waals surface area contributed by atoms with Gasteiger partial charge in [0.05, 0.1) is 0 Å². The Morgan fingerprint density at radius 1 is 1.16 bits per heavy atom. The normalized spacial score (nSPS) is 18.8. The fourth-order valence-electron chi connectivity index (χ4n) is 2.75. The standard InChI is InChI=1S/C16H25BrN2/c1-13(18)11-14-7-8-15(12-16(14)17)19-9-5-3-2-4-6-10-19/h7-8,12-13H,2-6,9-11,18H2,1H3. The maximum atomic E-state index is 5.88. The molecule has 1 atom stereocenters. The van der Waals surface area contributed by atoms with Crippen molar-refractivity contribution in [3.63, 3.8) is 0 Å². The molecule has 0 bridgehead atoms. The van der Waals surface area contributed by atoms with Crippen molar-refractivity contribution in [1.82, 2.24) is 0 Å². The second-order valence-corrected chi connectivity index (χ2v) is 6.57. The van der Waals surface area contributed by atoms with E-state index in [1.165, 1.54) is 60.9 Å². The van der Waals surface area contributed by atoms with Crippen LogP contribution >= 0.6 is 15.9 Å². The molecule has 0 aromatic heterocycles. The first kappa shape index (κ1) is 14.9. The van der Waals surface area contributed by atoms with Gasteiger partial charge in [-0.15, -0.1) is 0 Å². The average molecular weight is 325 g/mol. The summed E-state index contributed by atoms with van der Waals surface area (Å²) in [6.07, 6.45) is 7.73. The number of nitrogens with two attached hydrogens (primary N) is 1. The van der Waals surface area contributed by atoms with Crippen LogP contribution in [-0.2, 0) is 6.42 Å². The SMILES string of the molecule is CC(N)Cc1ccc(N2CCCCCCC2)cc1Br. The predicted octanol–water partition coefficient (Wildman–Crippen LogP) is 4.11. The minimum atomic E-state index is 0.212. The molecular formula is C16H25BrN2. The zero-order chi connectivity index (χ0) is 13.7. The molecule has 1 saturated heterocycles. The van der Waals surface area contributed by atoms with Crippen molar-refractivity contribution in [2.75, 3.05) is 18.0 Å². The lowest BCUT2D eigenvalue weighted by Crippen LogP contribution is -2.27. The van der Waals surface area contributed by atoms with E-state index >= 15 is 0 Å². The minimum Gasteiger partial charge on any atom is -0.372 e. The molecule has 2 rings (SSSR count). The average Bonchev–Trinajstić information content (AvgIpc) is 2.31. The molecule has 2 nitrogen and oxygen atoms in total. The van der Waals surface area contributed by atoms with Crippen molar-refractivity contribution in [2.24, 2.45) is 5.73 Å². The zero-order valence-electron chi connectivity index (χ0n) is 11.9. The quantitative estimate of drug-likeness (QED) is 0.906. The van der Waals surface area contributed by atoms with Crippen LogP contribution < -0.4 is 10.6 Å². The van der Waals surface area contributed by atoms with Gasteiger partial charge in [-0.05, 0) is 43.9 Å². The van der Waals surface area contributed by atoms with Gasteiger partial charge in [0.25, 0.3) is 0 Å². The molecule has 1 heterocycles. The van der Waals surface area contributed by atoms with Crippen LogP contribution in [0.2, 0.25) is 0 Å². The number of nitrogens with zero attached hydrogens (tertiary/aromatic N) is 1. The van der Waals surface area contributed by atoms with Gasteiger partial charge in [0, 0.05) is 29.3 Å². The van der Waals surface area contributed by atoms with Crippen molar-refractivity contribution in [3.8, 4) is 0 Å². The van der Waals surface area contributed by atoms with Crippen LogP contribution in [-0.4, -0.2) is 19.1 Å². The zero-order valence-corrected chi connectivity index (χ0v) is 13.5. The summed E-state index contributed by atoms with van der Waals surface area (Å²) < 4.78 is 1.20. The number of hydrogen-bond donors (Lipinski definition) is 1. The van der Waals surface area contributed by atoms with Crippen LogP contribution in [0.1, 0.15) is 44.6 Å². The molecule has 1 aromatic rings. The van der Waals surface area contributed by atoms with E-state index in [0.717, 1.165) is 6.42 Å². The molecule has 19 heavy (non-hydrogen) atoms. The summed E-state index contributed by atoms with van der Waals surface area (Å²) in [5, 5.41) is 0. The lowest BCUT2D eigenvalue weighted by Gasteiger charge is -2.27. The summed E-state index contributed by atoms with van der Waals surface area (Å²) in [5.74, 6) is 0. The third-order valence-electron chi connectivity index (χ3n) is 3.80. The molecule has 0 radical (unpaired) electrons. The van der Waals surface area contributed by atoms with Crippen molar-refractivity contribution in [2.45, 2.75) is 51.5 Å². The van der Waals surface area contributed by atoms with Crippen LogP contribution in [0.3, 0.4) is 0 Å². The van der Waals surface area contributed by atoms with E-state index in [2.05, 4.69) is 46.0 Å². The molecule has 0 saturated carbocycles. The third kappa shape index (κ3) is 4.50. The Bertz CT molecular complexity index is 396. The summed E-state index contributed by atoms with van der Waals surface area (Å²) in [5.41, 5.74) is 8.54. The summed E-state index contributed by atoms with van der Waals surface area (Å²) in [7, 11) is 0. The maximum Gasteiger partial charge on any atom is 0.0377 e. The van der Waals surface area contributed by atoms with Gasteiger partial charge in [-0.3, -0.25) is 0 Å². The fourth-order valence-corrected chi connectivity index (χ4v) is 3.28. The number of benzene rings is 1. The third-order valence-corrected chi connectivity index (χ3v) is 4.54. The number of halogens is 1. The van der Waals surface area contributed by atoms with E-state index in [0.29, 0.717) is 0 Å². The van der Waals surface area contributed by atoms with E-state index in [1.54, 1.807) is 0 Å². The first-order chi connectivity index (χ1) is 9.16. The molecule has 1 aromatic carbocycles. The molecule has 1 aliphatic heterocycles. The fraction of sp³-hybridized carbons (Fsp3) is 0.625. The summed E-state index contributed by atoms with van der Waals surface area (Å²) in [6.45, 7) is 4.44. The van der Waals surface area contributed by atoms with E-state index in [1.807, 2.05) is 0 Å². The smallest absolute Gasteiger partial charge is 0.0377 e. The first-order valence-corrected chi connectivity index (χ1v) is 8.25. The lowest BCUT2D eigenvalue weighted by atomic mass is 10.1. The van der Waals surface area contributed by atoms with Gasteiger partial charge in [0.15, 0.2) is 0 Å².